The Hall–Kier alpha value is -1.55. The normalized spacial score (nSPS) is 29.7. The Kier molecular flexibility index (Phi) is 6.00. The third kappa shape index (κ3) is 4.35. The topological polar surface area (TPSA) is 64.3 Å². The first-order chi connectivity index (χ1) is 12.1. The molecular formula is C21H32N2O2. The van der Waals surface area contributed by atoms with Crippen LogP contribution in [0.15, 0.2) is 24.3 Å². The molecular weight excluding hydrogens is 312 g/mol. The van der Waals surface area contributed by atoms with Crippen molar-refractivity contribution >= 4 is 5.91 Å². The van der Waals surface area contributed by atoms with E-state index in [4.69, 9.17) is 10.5 Å². The summed E-state index contributed by atoms with van der Waals surface area (Å²) in [6.45, 7) is 4.45. The van der Waals surface area contributed by atoms with Crippen molar-refractivity contribution in [2.75, 3.05) is 6.61 Å². The number of carbonyl (C=O) groups is 1. The summed E-state index contributed by atoms with van der Waals surface area (Å²) in [5.74, 6) is 2.34. The summed E-state index contributed by atoms with van der Waals surface area (Å²) in [6.07, 6.45) is 6.78. The second-order valence-electron chi connectivity index (χ2n) is 7.91. The molecule has 2 aliphatic carbocycles. The van der Waals surface area contributed by atoms with Crippen LogP contribution in [0.1, 0.15) is 63.9 Å². The molecule has 1 aromatic carbocycles. The highest BCUT2D eigenvalue weighted by atomic mass is 16.5. The highest BCUT2D eigenvalue weighted by molar-refractivity contribution is 5.78. The molecule has 3 atom stereocenters. The lowest BCUT2D eigenvalue weighted by Crippen LogP contribution is -2.54. The van der Waals surface area contributed by atoms with Crippen molar-refractivity contribution in [2.24, 2.45) is 17.6 Å². The molecule has 25 heavy (non-hydrogen) atoms. The lowest BCUT2D eigenvalue weighted by atomic mass is 9.67. The molecule has 3 rings (SSSR count). The van der Waals surface area contributed by atoms with E-state index >= 15 is 0 Å². The van der Waals surface area contributed by atoms with Crippen LogP contribution in [0.5, 0.6) is 5.75 Å². The van der Waals surface area contributed by atoms with Gasteiger partial charge in [0, 0.05) is 12.1 Å². The van der Waals surface area contributed by atoms with Crippen LogP contribution >= 0.6 is 0 Å². The predicted molar refractivity (Wildman–Crippen MR) is 101 cm³/mol. The number of fused-ring (bicyclic) bond motifs is 2. The number of benzene rings is 1. The SMILES string of the molecule is CCC(C)c1ccccc1OCC(=O)NC1C2CCCC1CC(N)C2. The summed E-state index contributed by atoms with van der Waals surface area (Å²) in [5.41, 5.74) is 7.35. The van der Waals surface area contributed by atoms with Gasteiger partial charge in [-0.15, -0.1) is 0 Å². The molecule has 2 bridgehead atoms. The molecule has 1 amide bonds. The molecule has 3 N–H and O–H groups in total. The van der Waals surface area contributed by atoms with Crippen LogP contribution in [0, 0.1) is 11.8 Å². The van der Waals surface area contributed by atoms with Gasteiger partial charge in [0.2, 0.25) is 0 Å². The van der Waals surface area contributed by atoms with Gasteiger partial charge in [0.15, 0.2) is 6.61 Å². The van der Waals surface area contributed by atoms with E-state index in [9.17, 15) is 4.79 Å². The van der Waals surface area contributed by atoms with Gasteiger partial charge in [-0.1, -0.05) is 38.5 Å². The number of rotatable bonds is 6. The van der Waals surface area contributed by atoms with Crippen molar-refractivity contribution in [1.29, 1.82) is 0 Å². The fourth-order valence-corrected chi connectivity index (χ4v) is 4.63. The summed E-state index contributed by atoms with van der Waals surface area (Å²) in [4.78, 5) is 12.5. The molecule has 4 nitrogen and oxygen atoms in total. The number of para-hydroxylation sites is 1. The molecule has 0 radical (unpaired) electrons. The van der Waals surface area contributed by atoms with E-state index in [0.29, 0.717) is 23.8 Å². The molecule has 1 aromatic rings. The van der Waals surface area contributed by atoms with E-state index < -0.39 is 0 Å². The molecule has 138 valence electrons. The van der Waals surface area contributed by atoms with Crippen LogP contribution < -0.4 is 15.8 Å². The third-order valence-corrected chi connectivity index (χ3v) is 6.13. The van der Waals surface area contributed by atoms with Gasteiger partial charge in [0.25, 0.3) is 5.91 Å². The number of hydrogen-bond acceptors (Lipinski definition) is 3. The minimum Gasteiger partial charge on any atom is -0.483 e. The van der Waals surface area contributed by atoms with Gasteiger partial charge in [-0.25, -0.2) is 0 Å². The first-order valence-electron chi connectivity index (χ1n) is 9.85. The van der Waals surface area contributed by atoms with Crippen molar-refractivity contribution in [3.8, 4) is 5.75 Å². The fourth-order valence-electron chi connectivity index (χ4n) is 4.63. The Balaban J connectivity index is 1.57. The van der Waals surface area contributed by atoms with E-state index in [1.54, 1.807) is 0 Å². The maximum atomic E-state index is 12.5. The molecule has 2 saturated carbocycles. The van der Waals surface area contributed by atoms with E-state index in [0.717, 1.165) is 25.0 Å². The number of ether oxygens (including phenoxy) is 1. The van der Waals surface area contributed by atoms with Gasteiger partial charge in [-0.05, 0) is 61.5 Å². The van der Waals surface area contributed by atoms with E-state index in [1.165, 1.54) is 24.8 Å². The van der Waals surface area contributed by atoms with Gasteiger partial charge in [0.1, 0.15) is 5.75 Å². The van der Waals surface area contributed by atoms with Gasteiger partial charge >= 0.3 is 0 Å². The number of amides is 1. The van der Waals surface area contributed by atoms with Crippen molar-refractivity contribution in [2.45, 2.75) is 70.4 Å². The predicted octanol–water partition coefficient (Wildman–Crippen LogP) is 3.60. The highest BCUT2D eigenvalue weighted by Crippen LogP contribution is 2.39. The molecule has 0 aromatic heterocycles. The Morgan fingerprint density at radius 2 is 1.96 bits per heavy atom. The minimum absolute atomic E-state index is 0.00340. The molecule has 4 heteroatoms. The maximum Gasteiger partial charge on any atom is 0.258 e. The van der Waals surface area contributed by atoms with Crippen molar-refractivity contribution < 1.29 is 9.53 Å². The van der Waals surface area contributed by atoms with E-state index in [-0.39, 0.29) is 18.6 Å². The highest BCUT2D eigenvalue weighted by Gasteiger charge is 2.39. The zero-order valence-electron chi connectivity index (χ0n) is 15.5. The van der Waals surface area contributed by atoms with Gasteiger partial charge in [0.05, 0.1) is 0 Å². The number of nitrogens with two attached hydrogens (primary N) is 1. The van der Waals surface area contributed by atoms with E-state index in [2.05, 4.69) is 25.2 Å². The monoisotopic (exact) mass is 344 g/mol. The van der Waals surface area contributed by atoms with Crippen LogP contribution in [0.25, 0.3) is 0 Å². The van der Waals surface area contributed by atoms with Crippen LogP contribution in [-0.4, -0.2) is 24.6 Å². The van der Waals surface area contributed by atoms with Crippen molar-refractivity contribution in [3.05, 3.63) is 29.8 Å². The van der Waals surface area contributed by atoms with Gasteiger partial charge in [-0.2, -0.15) is 0 Å². The lowest BCUT2D eigenvalue weighted by molar-refractivity contribution is -0.125. The number of hydrogen-bond donors (Lipinski definition) is 2. The standard InChI is InChI=1S/C21H32N2O2/c1-3-14(2)18-9-4-5-10-19(18)25-13-20(24)23-21-15-7-6-8-16(21)12-17(22)11-15/h4-5,9-10,14-17,21H,3,6-8,11-13,22H2,1-2H3,(H,23,24). The van der Waals surface area contributed by atoms with Crippen molar-refractivity contribution in [1.82, 2.24) is 5.32 Å². The second-order valence-corrected chi connectivity index (χ2v) is 7.91. The summed E-state index contributed by atoms with van der Waals surface area (Å²) in [5, 5.41) is 3.25. The maximum absolute atomic E-state index is 12.5. The molecule has 0 aliphatic heterocycles. The van der Waals surface area contributed by atoms with Crippen LogP contribution in [-0.2, 0) is 4.79 Å². The summed E-state index contributed by atoms with van der Waals surface area (Å²) in [6, 6.07) is 8.64. The summed E-state index contributed by atoms with van der Waals surface area (Å²) in [7, 11) is 0. The smallest absolute Gasteiger partial charge is 0.258 e. The number of nitrogens with one attached hydrogen (secondary N) is 1. The molecule has 2 fully saturated rings. The zero-order valence-corrected chi connectivity index (χ0v) is 15.5. The fraction of sp³-hybridized carbons (Fsp3) is 0.667. The quantitative estimate of drug-likeness (QED) is 0.829. The summed E-state index contributed by atoms with van der Waals surface area (Å²) >= 11 is 0. The zero-order chi connectivity index (χ0) is 17.8. The van der Waals surface area contributed by atoms with Gasteiger partial charge < -0.3 is 15.8 Å². The van der Waals surface area contributed by atoms with E-state index in [1.807, 2.05) is 18.2 Å². The van der Waals surface area contributed by atoms with Crippen LogP contribution in [0.3, 0.4) is 0 Å². The largest absolute Gasteiger partial charge is 0.483 e. The van der Waals surface area contributed by atoms with Crippen LogP contribution in [0.2, 0.25) is 0 Å². The molecule has 0 saturated heterocycles. The van der Waals surface area contributed by atoms with Crippen LogP contribution in [0.4, 0.5) is 0 Å². The lowest BCUT2D eigenvalue weighted by Gasteiger charge is -2.45. The molecule has 0 spiro atoms. The molecule has 2 aliphatic rings. The second kappa shape index (κ2) is 8.22. The van der Waals surface area contributed by atoms with Gasteiger partial charge in [-0.3, -0.25) is 4.79 Å². The Labute approximate surface area is 151 Å². The molecule has 0 heterocycles. The minimum atomic E-state index is -0.00340. The third-order valence-electron chi connectivity index (χ3n) is 6.13. The average Bonchev–Trinajstić information content (AvgIpc) is 2.60. The Morgan fingerprint density at radius 1 is 1.28 bits per heavy atom. The first kappa shape index (κ1) is 18.2. The Morgan fingerprint density at radius 3 is 2.64 bits per heavy atom. The Bertz CT molecular complexity index is 575. The first-order valence-corrected chi connectivity index (χ1v) is 9.85. The molecule has 3 unspecified atom stereocenters. The number of carbonyl (C=O) groups excluding carboxylic acids is 1. The van der Waals surface area contributed by atoms with Crippen molar-refractivity contribution in [3.63, 3.8) is 0 Å². The summed E-state index contributed by atoms with van der Waals surface area (Å²) < 4.78 is 5.87. The average molecular weight is 344 g/mol.